The molecule has 2 rings (SSSR count). The highest BCUT2D eigenvalue weighted by Crippen LogP contribution is 2.29. The lowest BCUT2D eigenvalue weighted by Crippen LogP contribution is -2.26. The van der Waals surface area contributed by atoms with Crippen LogP contribution in [0.3, 0.4) is 0 Å². The quantitative estimate of drug-likeness (QED) is 0.803. The number of carbonyl (C=O) groups is 1. The molecule has 0 aromatic heterocycles. The van der Waals surface area contributed by atoms with Crippen molar-refractivity contribution in [3.63, 3.8) is 0 Å². The molecule has 2 aromatic rings. The summed E-state index contributed by atoms with van der Waals surface area (Å²) in [4.78, 5) is 13.1. The van der Waals surface area contributed by atoms with Gasteiger partial charge in [-0.3, -0.25) is 4.79 Å². The Hall–Kier alpha value is -2.18. The Morgan fingerprint density at radius 2 is 1.73 bits per heavy atom. The number of nitrogens with one attached hydrogen (secondary N) is 1. The number of hydrogen-bond acceptors (Lipinski definition) is 3. The number of hydrogen-bond donors (Lipinski definition) is 1. The number of rotatable bonds is 7. The zero-order valence-corrected chi connectivity index (χ0v) is 16.5. The molecule has 0 fully saturated rings. The summed E-state index contributed by atoms with van der Waals surface area (Å²) >= 11 is 0. The summed E-state index contributed by atoms with van der Waals surface area (Å²) < 4.78 is 25.7. The van der Waals surface area contributed by atoms with E-state index in [0.717, 1.165) is 16.3 Å². The molecule has 0 saturated carbocycles. The number of anilines is 1. The van der Waals surface area contributed by atoms with Crippen molar-refractivity contribution >= 4 is 21.6 Å². The average molecular weight is 375 g/mol. The van der Waals surface area contributed by atoms with Crippen molar-refractivity contribution in [3.8, 4) is 0 Å². The molecule has 1 N–H and O–H groups in total. The van der Waals surface area contributed by atoms with Crippen molar-refractivity contribution in [2.45, 2.75) is 31.1 Å². The van der Waals surface area contributed by atoms with Gasteiger partial charge in [0.1, 0.15) is 0 Å². The highest BCUT2D eigenvalue weighted by atomic mass is 32.2. The third kappa shape index (κ3) is 4.51. The molecule has 0 unspecified atom stereocenters. The standard InChI is InChI=1S/C20H26N2O3S/c1-5-15(2)19(16-10-7-6-8-11-16)20(23)21-17-12-9-13-18(14-17)26(24,25)22(3)4/h6-15,19H,5H2,1-4H3,(H,21,23)/t15-,19+/m1/s1. The van der Waals surface area contributed by atoms with E-state index in [2.05, 4.69) is 12.2 Å². The van der Waals surface area contributed by atoms with Crippen molar-refractivity contribution in [2.75, 3.05) is 19.4 Å². The lowest BCUT2D eigenvalue weighted by Gasteiger charge is -2.23. The third-order valence-corrected chi connectivity index (χ3v) is 6.35. The fourth-order valence-electron chi connectivity index (χ4n) is 2.80. The third-order valence-electron chi connectivity index (χ3n) is 4.53. The zero-order valence-electron chi connectivity index (χ0n) is 15.6. The summed E-state index contributed by atoms with van der Waals surface area (Å²) in [6.45, 7) is 4.10. The molecule has 0 aliphatic rings. The van der Waals surface area contributed by atoms with Gasteiger partial charge in [-0.05, 0) is 29.7 Å². The number of sulfonamides is 1. The molecule has 0 aliphatic carbocycles. The maximum atomic E-state index is 12.9. The highest BCUT2D eigenvalue weighted by Gasteiger charge is 2.26. The van der Waals surface area contributed by atoms with E-state index in [-0.39, 0.29) is 22.6 Å². The van der Waals surface area contributed by atoms with Crippen LogP contribution >= 0.6 is 0 Å². The minimum absolute atomic E-state index is 0.134. The van der Waals surface area contributed by atoms with Gasteiger partial charge in [0, 0.05) is 19.8 Å². The SMILES string of the molecule is CC[C@@H](C)[C@H](C(=O)Nc1cccc(S(=O)(=O)N(C)C)c1)c1ccccc1. The van der Waals surface area contributed by atoms with Gasteiger partial charge in [0.05, 0.1) is 10.8 Å². The van der Waals surface area contributed by atoms with Crippen LogP contribution in [0.25, 0.3) is 0 Å². The van der Waals surface area contributed by atoms with E-state index < -0.39 is 10.0 Å². The highest BCUT2D eigenvalue weighted by molar-refractivity contribution is 7.89. The van der Waals surface area contributed by atoms with E-state index in [0.29, 0.717) is 5.69 Å². The Balaban J connectivity index is 2.30. The van der Waals surface area contributed by atoms with Crippen molar-refractivity contribution < 1.29 is 13.2 Å². The summed E-state index contributed by atoms with van der Waals surface area (Å²) in [5, 5.41) is 2.89. The van der Waals surface area contributed by atoms with Crippen LogP contribution in [-0.4, -0.2) is 32.7 Å². The minimum Gasteiger partial charge on any atom is -0.326 e. The van der Waals surface area contributed by atoms with Crippen LogP contribution in [0.4, 0.5) is 5.69 Å². The Labute approximate surface area is 156 Å². The van der Waals surface area contributed by atoms with Crippen LogP contribution in [0.5, 0.6) is 0 Å². The zero-order chi connectivity index (χ0) is 19.3. The summed E-state index contributed by atoms with van der Waals surface area (Å²) in [5.41, 5.74) is 1.43. The predicted molar refractivity (Wildman–Crippen MR) is 105 cm³/mol. The molecule has 0 heterocycles. The molecule has 0 saturated heterocycles. The second-order valence-corrected chi connectivity index (χ2v) is 8.73. The van der Waals surface area contributed by atoms with Crippen LogP contribution in [0, 0.1) is 5.92 Å². The number of carbonyl (C=O) groups excluding carboxylic acids is 1. The van der Waals surface area contributed by atoms with Crippen LogP contribution in [0.2, 0.25) is 0 Å². The Bertz CT molecular complexity index is 848. The summed E-state index contributed by atoms with van der Waals surface area (Å²) in [6.07, 6.45) is 0.863. The normalized spacial score (nSPS) is 14.0. The number of benzene rings is 2. The summed E-state index contributed by atoms with van der Waals surface area (Å²) in [5.74, 6) is -0.272. The second-order valence-electron chi connectivity index (χ2n) is 6.58. The number of amides is 1. The van der Waals surface area contributed by atoms with E-state index in [1.807, 2.05) is 37.3 Å². The van der Waals surface area contributed by atoms with Crippen molar-refractivity contribution in [3.05, 3.63) is 60.2 Å². The first kappa shape index (κ1) is 20.1. The fraction of sp³-hybridized carbons (Fsp3) is 0.350. The molecule has 0 bridgehead atoms. The van der Waals surface area contributed by atoms with Gasteiger partial charge in [-0.25, -0.2) is 12.7 Å². The van der Waals surface area contributed by atoms with Crippen LogP contribution in [0.1, 0.15) is 31.7 Å². The molecule has 140 valence electrons. The van der Waals surface area contributed by atoms with Gasteiger partial charge in [-0.15, -0.1) is 0 Å². The first-order valence-corrected chi connectivity index (χ1v) is 10.1. The lowest BCUT2D eigenvalue weighted by atomic mass is 9.85. The van der Waals surface area contributed by atoms with Gasteiger partial charge in [-0.2, -0.15) is 0 Å². The topological polar surface area (TPSA) is 66.5 Å². The first-order chi connectivity index (χ1) is 12.3. The maximum Gasteiger partial charge on any atom is 0.242 e. The average Bonchev–Trinajstić information content (AvgIpc) is 2.62. The second kappa shape index (κ2) is 8.47. The van der Waals surface area contributed by atoms with Gasteiger partial charge < -0.3 is 5.32 Å². The molecule has 2 aromatic carbocycles. The van der Waals surface area contributed by atoms with Crippen molar-refractivity contribution in [1.29, 1.82) is 0 Å². The van der Waals surface area contributed by atoms with Gasteiger partial charge in [0.15, 0.2) is 0 Å². The molecule has 0 radical (unpaired) electrons. The Kier molecular flexibility index (Phi) is 6.56. The molecule has 0 aliphatic heterocycles. The molecule has 1 amide bonds. The fourth-order valence-corrected chi connectivity index (χ4v) is 3.75. The van der Waals surface area contributed by atoms with Gasteiger partial charge in [0.2, 0.25) is 15.9 Å². The van der Waals surface area contributed by atoms with E-state index in [9.17, 15) is 13.2 Å². The lowest BCUT2D eigenvalue weighted by molar-refractivity contribution is -0.118. The van der Waals surface area contributed by atoms with Crippen molar-refractivity contribution in [1.82, 2.24) is 4.31 Å². The summed E-state index contributed by atoms with van der Waals surface area (Å²) in [6, 6.07) is 16.0. The monoisotopic (exact) mass is 374 g/mol. The van der Waals surface area contributed by atoms with Gasteiger partial charge >= 0.3 is 0 Å². The summed E-state index contributed by atoms with van der Waals surface area (Å²) in [7, 11) is -0.584. The van der Waals surface area contributed by atoms with Crippen molar-refractivity contribution in [2.24, 2.45) is 5.92 Å². The minimum atomic E-state index is -3.55. The maximum absolute atomic E-state index is 12.9. The van der Waals surface area contributed by atoms with Gasteiger partial charge in [-0.1, -0.05) is 56.7 Å². The molecular weight excluding hydrogens is 348 g/mol. The van der Waals surface area contributed by atoms with E-state index in [1.54, 1.807) is 12.1 Å². The molecule has 5 nitrogen and oxygen atoms in total. The molecule has 0 spiro atoms. The largest absolute Gasteiger partial charge is 0.326 e. The van der Waals surface area contributed by atoms with Crippen LogP contribution < -0.4 is 5.32 Å². The molecule has 26 heavy (non-hydrogen) atoms. The Morgan fingerprint density at radius 3 is 2.31 bits per heavy atom. The van der Waals surface area contributed by atoms with E-state index in [4.69, 9.17) is 0 Å². The first-order valence-electron chi connectivity index (χ1n) is 8.65. The van der Waals surface area contributed by atoms with E-state index >= 15 is 0 Å². The Morgan fingerprint density at radius 1 is 1.08 bits per heavy atom. The number of nitrogens with zero attached hydrogens (tertiary/aromatic N) is 1. The van der Waals surface area contributed by atoms with E-state index in [1.165, 1.54) is 26.2 Å². The molecule has 6 heteroatoms. The molecular formula is C20H26N2O3S. The molecule has 2 atom stereocenters. The predicted octanol–water partition coefficient (Wildman–Crippen LogP) is 3.71. The van der Waals surface area contributed by atoms with Crippen LogP contribution in [-0.2, 0) is 14.8 Å². The smallest absolute Gasteiger partial charge is 0.242 e. The van der Waals surface area contributed by atoms with Crippen LogP contribution in [0.15, 0.2) is 59.5 Å². The van der Waals surface area contributed by atoms with Gasteiger partial charge in [0.25, 0.3) is 0 Å².